The summed E-state index contributed by atoms with van der Waals surface area (Å²) in [7, 11) is 1.60. The third-order valence-corrected chi connectivity index (χ3v) is 2.75. The molecule has 1 aromatic carbocycles. The number of carbonyl (C=O) groups excluding carboxylic acids is 1. The largest absolute Gasteiger partial charge is 0.497 e. The molecule has 1 amide bonds. The third kappa shape index (κ3) is 2.40. The molecule has 5 heteroatoms. The van der Waals surface area contributed by atoms with Gasteiger partial charge in [0.05, 0.1) is 13.7 Å². The molecule has 5 nitrogen and oxygen atoms in total. The van der Waals surface area contributed by atoms with Crippen molar-refractivity contribution in [3.05, 3.63) is 24.3 Å². The maximum absolute atomic E-state index is 12.0. The molecule has 1 aliphatic heterocycles. The molecule has 0 radical (unpaired) electrons. The van der Waals surface area contributed by atoms with E-state index in [-0.39, 0.29) is 12.5 Å². The first-order valence-electron chi connectivity index (χ1n) is 5.53. The number of ether oxygens (including phenoxy) is 2. The van der Waals surface area contributed by atoms with Crippen molar-refractivity contribution in [2.75, 3.05) is 31.7 Å². The standard InChI is InChI=1S/C12H16N2O3/c1-16-10-4-2-3-9(7-10)14-5-6-17-11(8-13)12(14)15/h2-4,7,11H,5-6,8,13H2,1H3. The molecule has 0 aliphatic carbocycles. The van der Waals surface area contributed by atoms with Crippen LogP contribution in [0.25, 0.3) is 0 Å². The summed E-state index contributed by atoms with van der Waals surface area (Å²) in [5.74, 6) is 0.637. The van der Waals surface area contributed by atoms with Crippen LogP contribution in [0.15, 0.2) is 24.3 Å². The number of benzene rings is 1. The Balaban J connectivity index is 2.23. The van der Waals surface area contributed by atoms with Crippen LogP contribution in [-0.4, -0.2) is 38.8 Å². The zero-order valence-corrected chi connectivity index (χ0v) is 9.76. The lowest BCUT2D eigenvalue weighted by Crippen LogP contribution is -2.50. The van der Waals surface area contributed by atoms with Crippen molar-refractivity contribution in [3.8, 4) is 5.75 Å². The monoisotopic (exact) mass is 236 g/mol. The first kappa shape index (κ1) is 11.9. The Morgan fingerprint density at radius 2 is 2.41 bits per heavy atom. The second-order valence-corrected chi connectivity index (χ2v) is 3.79. The Morgan fingerprint density at radius 1 is 1.59 bits per heavy atom. The average molecular weight is 236 g/mol. The first-order chi connectivity index (χ1) is 8.26. The molecule has 1 heterocycles. The van der Waals surface area contributed by atoms with Crippen molar-refractivity contribution in [1.29, 1.82) is 0 Å². The number of carbonyl (C=O) groups is 1. The highest BCUT2D eigenvalue weighted by Gasteiger charge is 2.29. The topological polar surface area (TPSA) is 64.8 Å². The van der Waals surface area contributed by atoms with Gasteiger partial charge in [0.1, 0.15) is 11.9 Å². The first-order valence-corrected chi connectivity index (χ1v) is 5.53. The fraction of sp³-hybridized carbons (Fsp3) is 0.417. The van der Waals surface area contributed by atoms with Crippen molar-refractivity contribution in [1.82, 2.24) is 0 Å². The molecular formula is C12H16N2O3. The Hall–Kier alpha value is -1.59. The zero-order valence-electron chi connectivity index (χ0n) is 9.76. The SMILES string of the molecule is COc1cccc(N2CCOC(CN)C2=O)c1. The van der Waals surface area contributed by atoms with Gasteiger partial charge in [-0.1, -0.05) is 6.07 Å². The number of nitrogens with zero attached hydrogens (tertiary/aromatic N) is 1. The summed E-state index contributed by atoms with van der Waals surface area (Å²) >= 11 is 0. The Morgan fingerprint density at radius 3 is 3.12 bits per heavy atom. The summed E-state index contributed by atoms with van der Waals surface area (Å²) in [5, 5.41) is 0. The number of hydrogen-bond acceptors (Lipinski definition) is 4. The maximum atomic E-state index is 12.0. The normalized spacial score (nSPS) is 20.5. The van der Waals surface area contributed by atoms with Crippen LogP contribution in [0.1, 0.15) is 0 Å². The van der Waals surface area contributed by atoms with Crippen LogP contribution < -0.4 is 15.4 Å². The van der Waals surface area contributed by atoms with Gasteiger partial charge in [-0.15, -0.1) is 0 Å². The highest BCUT2D eigenvalue weighted by molar-refractivity contribution is 5.97. The molecular weight excluding hydrogens is 220 g/mol. The van der Waals surface area contributed by atoms with Crippen molar-refractivity contribution in [2.24, 2.45) is 5.73 Å². The van der Waals surface area contributed by atoms with Crippen LogP contribution in [0.5, 0.6) is 5.75 Å². The number of hydrogen-bond donors (Lipinski definition) is 1. The quantitative estimate of drug-likeness (QED) is 0.824. The molecule has 1 aromatic rings. The fourth-order valence-electron chi connectivity index (χ4n) is 1.85. The second-order valence-electron chi connectivity index (χ2n) is 3.79. The van der Waals surface area contributed by atoms with Gasteiger partial charge in [-0.2, -0.15) is 0 Å². The summed E-state index contributed by atoms with van der Waals surface area (Å²) in [6.07, 6.45) is -0.532. The molecule has 0 bridgehead atoms. The maximum Gasteiger partial charge on any atom is 0.257 e. The zero-order chi connectivity index (χ0) is 12.3. The van der Waals surface area contributed by atoms with Gasteiger partial charge in [0.2, 0.25) is 0 Å². The number of methoxy groups -OCH3 is 1. The number of anilines is 1. The van der Waals surface area contributed by atoms with Gasteiger partial charge in [-0.25, -0.2) is 0 Å². The minimum atomic E-state index is -0.532. The molecule has 1 saturated heterocycles. The predicted octanol–water partition coefficient (Wildman–Crippen LogP) is 0.386. The lowest BCUT2D eigenvalue weighted by molar-refractivity contribution is -0.133. The van der Waals surface area contributed by atoms with Crippen LogP contribution in [0, 0.1) is 0 Å². The van der Waals surface area contributed by atoms with E-state index in [2.05, 4.69) is 0 Å². The molecule has 1 unspecified atom stereocenters. The number of nitrogens with two attached hydrogens (primary N) is 1. The van der Waals surface area contributed by atoms with Gasteiger partial charge in [0.25, 0.3) is 5.91 Å². The van der Waals surface area contributed by atoms with Gasteiger partial charge >= 0.3 is 0 Å². The molecule has 2 rings (SSSR count). The van der Waals surface area contributed by atoms with Crippen molar-refractivity contribution >= 4 is 11.6 Å². The summed E-state index contributed by atoms with van der Waals surface area (Å²) in [6, 6.07) is 7.40. The lowest BCUT2D eigenvalue weighted by atomic mass is 10.2. The molecule has 92 valence electrons. The third-order valence-electron chi connectivity index (χ3n) is 2.75. The van der Waals surface area contributed by atoms with Crippen LogP contribution >= 0.6 is 0 Å². The molecule has 0 aromatic heterocycles. The minimum Gasteiger partial charge on any atom is -0.497 e. The summed E-state index contributed by atoms with van der Waals surface area (Å²) in [5.41, 5.74) is 6.31. The van der Waals surface area contributed by atoms with Crippen molar-refractivity contribution < 1.29 is 14.3 Å². The highest BCUT2D eigenvalue weighted by atomic mass is 16.5. The van der Waals surface area contributed by atoms with Gasteiger partial charge < -0.3 is 20.1 Å². The molecule has 1 atom stereocenters. The second kappa shape index (κ2) is 5.16. The van der Waals surface area contributed by atoms with E-state index < -0.39 is 6.10 Å². The smallest absolute Gasteiger partial charge is 0.257 e. The van der Waals surface area contributed by atoms with Crippen LogP contribution in [0.2, 0.25) is 0 Å². The average Bonchev–Trinajstić information content (AvgIpc) is 2.39. The number of morpholine rings is 1. The molecule has 0 spiro atoms. The Labute approximate surface area is 100 Å². The van der Waals surface area contributed by atoms with Gasteiger partial charge in [-0.3, -0.25) is 4.79 Å². The van der Waals surface area contributed by atoms with E-state index >= 15 is 0 Å². The van der Waals surface area contributed by atoms with Crippen molar-refractivity contribution in [3.63, 3.8) is 0 Å². The van der Waals surface area contributed by atoms with Crippen molar-refractivity contribution in [2.45, 2.75) is 6.10 Å². The van der Waals surface area contributed by atoms with E-state index in [0.717, 1.165) is 11.4 Å². The molecule has 1 fully saturated rings. The van der Waals surface area contributed by atoms with Gasteiger partial charge in [-0.05, 0) is 12.1 Å². The van der Waals surface area contributed by atoms with Crippen LogP contribution in [0.4, 0.5) is 5.69 Å². The van der Waals surface area contributed by atoms with Gasteiger partial charge in [0, 0.05) is 24.8 Å². The van der Waals surface area contributed by atoms with E-state index in [0.29, 0.717) is 13.2 Å². The Bertz CT molecular complexity index is 408. The number of amides is 1. The van der Waals surface area contributed by atoms with E-state index in [1.165, 1.54) is 0 Å². The Kier molecular flexibility index (Phi) is 3.61. The lowest BCUT2D eigenvalue weighted by Gasteiger charge is -2.32. The van der Waals surface area contributed by atoms with E-state index in [4.69, 9.17) is 15.2 Å². The molecule has 2 N–H and O–H groups in total. The highest BCUT2D eigenvalue weighted by Crippen LogP contribution is 2.23. The molecule has 0 saturated carbocycles. The summed E-state index contributed by atoms with van der Waals surface area (Å²) in [6.45, 7) is 1.26. The van der Waals surface area contributed by atoms with E-state index in [1.807, 2.05) is 24.3 Å². The fourth-order valence-corrected chi connectivity index (χ4v) is 1.85. The predicted molar refractivity (Wildman–Crippen MR) is 64.1 cm³/mol. The molecule has 17 heavy (non-hydrogen) atoms. The number of rotatable bonds is 3. The van der Waals surface area contributed by atoms with E-state index in [9.17, 15) is 4.79 Å². The summed E-state index contributed by atoms with van der Waals surface area (Å²) < 4.78 is 10.4. The molecule has 1 aliphatic rings. The minimum absolute atomic E-state index is 0.0907. The van der Waals surface area contributed by atoms with Crippen LogP contribution in [-0.2, 0) is 9.53 Å². The van der Waals surface area contributed by atoms with Crippen LogP contribution in [0.3, 0.4) is 0 Å². The van der Waals surface area contributed by atoms with Gasteiger partial charge in [0.15, 0.2) is 0 Å². The summed E-state index contributed by atoms with van der Waals surface area (Å²) in [4.78, 5) is 13.7. The van der Waals surface area contributed by atoms with E-state index in [1.54, 1.807) is 12.0 Å².